The van der Waals surface area contributed by atoms with Gasteiger partial charge in [-0.05, 0) is 49.9 Å². The topological polar surface area (TPSA) is 116 Å². The lowest BCUT2D eigenvalue weighted by Crippen LogP contribution is -2.41. The van der Waals surface area contributed by atoms with Gasteiger partial charge in [0.2, 0.25) is 5.91 Å². The Morgan fingerprint density at radius 3 is 2.54 bits per heavy atom. The molecular weight excluding hydrogens is 364 g/mol. The highest BCUT2D eigenvalue weighted by Crippen LogP contribution is 2.51. The van der Waals surface area contributed by atoms with Crippen LogP contribution in [0, 0.1) is 29.6 Å². The van der Waals surface area contributed by atoms with Crippen molar-refractivity contribution in [1.82, 2.24) is 10.4 Å². The second kappa shape index (κ2) is 8.37. The van der Waals surface area contributed by atoms with E-state index in [1.54, 1.807) is 4.90 Å². The average molecular weight is 396 g/mol. The maximum Gasteiger partial charge on any atom is 0.309 e. The number of hydrogen-bond acceptors (Lipinski definition) is 5. The molecule has 3 rings (SSSR count). The fourth-order valence-corrected chi connectivity index (χ4v) is 5.20. The minimum Gasteiger partial charge on any atom is -0.481 e. The van der Waals surface area contributed by atoms with Gasteiger partial charge in [0.1, 0.15) is 5.54 Å². The standard InChI is InChI=1S/C20H32N2O6/c1-12-3-4-14(15(9-12)17(23)24)11-28-21-7-8-22-19(27)20(22)6-5-13(2)10-16(20)18(25)26/h12-16,21H,3-11H2,1-2H3,(H,23,24)(H,25,26). The van der Waals surface area contributed by atoms with E-state index in [0.29, 0.717) is 50.8 Å². The van der Waals surface area contributed by atoms with E-state index in [0.717, 1.165) is 19.3 Å². The first-order chi connectivity index (χ1) is 13.3. The summed E-state index contributed by atoms with van der Waals surface area (Å²) in [6, 6.07) is 0. The summed E-state index contributed by atoms with van der Waals surface area (Å²) in [5.41, 5.74) is 2.01. The molecule has 0 aromatic rings. The highest BCUT2D eigenvalue weighted by atomic mass is 16.6. The molecule has 2 aliphatic carbocycles. The molecule has 0 aromatic heterocycles. The van der Waals surface area contributed by atoms with Gasteiger partial charge in [-0.15, -0.1) is 0 Å². The van der Waals surface area contributed by atoms with Crippen LogP contribution in [0.15, 0.2) is 0 Å². The van der Waals surface area contributed by atoms with E-state index in [4.69, 9.17) is 4.84 Å². The second-order valence-electron chi connectivity index (χ2n) is 8.98. The Hall–Kier alpha value is -1.67. The molecule has 3 fully saturated rings. The number of hydrogen-bond donors (Lipinski definition) is 3. The Morgan fingerprint density at radius 1 is 1.14 bits per heavy atom. The van der Waals surface area contributed by atoms with Crippen LogP contribution in [0.2, 0.25) is 0 Å². The number of carbonyl (C=O) groups is 3. The van der Waals surface area contributed by atoms with Crippen molar-refractivity contribution < 1.29 is 29.4 Å². The fraction of sp³-hybridized carbons (Fsp3) is 0.850. The van der Waals surface area contributed by atoms with Crippen molar-refractivity contribution in [2.24, 2.45) is 29.6 Å². The number of nitrogens with zero attached hydrogens (tertiary/aromatic N) is 1. The second-order valence-corrected chi connectivity index (χ2v) is 8.98. The zero-order chi connectivity index (χ0) is 20.5. The summed E-state index contributed by atoms with van der Waals surface area (Å²) in [6.07, 6.45) is 4.54. The normalized spacial score (nSPS) is 37.9. The Morgan fingerprint density at radius 2 is 1.86 bits per heavy atom. The number of carbonyl (C=O) groups excluding carboxylic acids is 1. The van der Waals surface area contributed by atoms with Gasteiger partial charge in [-0.1, -0.05) is 20.3 Å². The molecule has 6 unspecified atom stereocenters. The molecule has 3 N–H and O–H groups in total. The van der Waals surface area contributed by atoms with Crippen LogP contribution in [0.5, 0.6) is 0 Å². The molecule has 1 saturated heterocycles. The van der Waals surface area contributed by atoms with Crippen LogP contribution in [0.25, 0.3) is 0 Å². The predicted octanol–water partition coefficient (Wildman–Crippen LogP) is 1.75. The van der Waals surface area contributed by atoms with Gasteiger partial charge in [0, 0.05) is 13.1 Å². The molecule has 1 heterocycles. The van der Waals surface area contributed by atoms with Crippen LogP contribution in [0.1, 0.15) is 52.4 Å². The molecule has 1 spiro atoms. The van der Waals surface area contributed by atoms with Crippen LogP contribution in [0.3, 0.4) is 0 Å². The molecule has 1 aliphatic heterocycles. The van der Waals surface area contributed by atoms with Crippen molar-refractivity contribution in [2.75, 3.05) is 19.7 Å². The van der Waals surface area contributed by atoms with Gasteiger partial charge in [-0.25, -0.2) is 5.48 Å². The highest BCUT2D eigenvalue weighted by Gasteiger charge is 2.69. The largest absolute Gasteiger partial charge is 0.481 e. The van der Waals surface area contributed by atoms with E-state index in [1.165, 1.54) is 0 Å². The first kappa shape index (κ1) is 21.0. The van der Waals surface area contributed by atoms with Crippen molar-refractivity contribution >= 4 is 17.8 Å². The monoisotopic (exact) mass is 396 g/mol. The number of amides is 1. The van der Waals surface area contributed by atoms with E-state index in [2.05, 4.69) is 12.4 Å². The zero-order valence-electron chi connectivity index (χ0n) is 16.7. The molecule has 3 aliphatic rings. The molecular formula is C20H32N2O6. The number of rotatable bonds is 8. The molecule has 6 atom stereocenters. The van der Waals surface area contributed by atoms with Gasteiger partial charge in [0.25, 0.3) is 0 Å². The molecule has 8 heteroatoms. The maximum absolute atomic E-state index is 12.4. The Labute approximate surface area is 165 Å². The lowest BCUT2D eigenvalue weighted by Gasteiger charge is -2.32. The van der Waals surface area contributed by atoms with E-state index in [-0.39, 0.29) is 17.7 Å². The number of nitrogens with one attached hydrogen (secondary N) is 1. The Kier molecular flexibility index (Phi) is 6.29. The quantitative estimate of drug-likeness (QED) is 0.325. The molecule has 0 radical (unpaired) electrons. The van der Waals surface area contributed by atoms with Gasteiger partial charge >= 0.3 is 11.9 Å². The van der Waals surface area contributed by atoms with Crippen LogP contribution in [0.4, 0.5) is 0 Å². The maximum atomic E-state index is 12.4. The summed E-state index contributed by atoms with van der Waals surface area (Å²) < 4.78 is 0. The Bertz CT molecular complexity index is 626. The molecule has 158 valence electrons. The van der Waals surface area contributed by atoms with Crippen molar-refractivity contribution in [1.29, 1.82) is 0 Å². The van der Waals surface area contributed by atoms with Gasteiger partial charge < -0.3 is 20.0 Å². The van der Waals surface area contributed by atoms with Crippen LogP contribution < -0.4 is 5.48 Å². The van der Waals surface area contributed by atoms with Crippen LogP contribution >= 0.6 is 0 Å². The third-order valence-electron chi connectivity index (χ3n) is 6.99. The van der Waals surface area contributed by atoms with Crippen molar-refractivity contribution in [3.63, 3.8) is 0 Å². The molecule has 0 bridgehead atoms. The van der Waals surface area contributed by atoms with Crippen LogP contribution in [-0.4, -0.2) is 58.2 Å². The number of hydroxylamine groups is 1. The van der Waals surface area contributed by atoms with Crippen molar-refractivity contribution in [3.05, 3.63) is 0 Å². The van der Waals surface area contributed by atoms with E-state index in [1.807, 2.05) is 6.92 Å². The lowest BCUT2D eigenvalue weighted by atomic mass is 9.73. The fourth-order valence-electron chi connectivity index (χ4n) is 5.20. The summed E-state index contributed by atoms with van der Waals surface area (Å²) in [5, 5.41) is 18.9. The minimum absolute atomic E-state index is 0.00775. The lowest BCUT2D eigenvalue weighted by molar-refractivity contribution is -0.148. The third-order valence-corrected chi connectivity index (χ3v) is 6.99. The SMILES string of the molecule is CC1CCC(CONCCN2C(=O)C23CCC(C)CC3C(=O)O)C(C(=O)O)C1. The Balaban J connectivity index is 1.43. The van der Waals surface area contributed by atoms with Crippen molar-refractivity contribution in [3.8, 4) is 0 Å². The molecule has 0 aromatic carbocycles. The smallest absolute Gasteiger partial charge is 0.309 e. The molecule has 28 heavy (non-hydrogen) atoms. The van der Waals surface area contributed by atoms with E-state index >= 15 is 0 Å². The summed E-state index contributed by atoms with van der Waals surface area (Å²) in [7, 11) is 0. The first-order valence-electron chi connectivity index (χ1n) is 10.4. The molecule has 1 amide bonds. The summed E-state index contributed by atoms with van der Waals surface area (Å²) >= 11 is 0. The highest BCUT2D eigenvalue weighted by molar-refractivity contribution is 6.06. The minimum atomic E-state index is -0.891. The van der Waals surface area contributed by atoms with Gasteiger partial charge in [-0.2, -0.15) is 0 Å². The number of aliphatic carboxylic acids is 2. The molecule has 2 saturated carbocycles. The first-order valence-corrected chi connectivity index (χ1v) is 10.4. The van der Waals surface area contributed by atoms with Crippen LogP contribution in [-0.2, 0) is 19.2 Å². The van der Waals surface area contributed by atoms with E-state index in [9.17, 15) is 24.6 Å². The van der Waals surface area contributed by atoms with Gasteiger partial charge in [0.05, 0.1) is 18.4 Å². The predicted molar refractivity (Wildman–Crippen MR) is 100 cm³/mol. The summed E-state index contributed by atoms with van der Waals surface area (Å²) in [5.74, 6) is -1.99. The zero-order valence-corrected chi connectivity index (χ0v) is 16.7. The summed E-state index contributed by atoms with van der Waals surface area (Å²) in [6.45, 7) is 5.25. The van der Waals surface area contributed by atoms with E-state index < -0.39 is 23.4 Å². The number of carboxylic acid groups (broad SMARTS) is 2. The van der Waals surface area contributed by atoms with Gasteiger partial charge in [-0.3, -0.25) is 14.4 Å². The van der Waals surface area contributed by atoms with Gasteiger partial charge in [0.15, 0.2) is 0 Å². The molecule has 8 nitrogen and oxygen atoms in total. The van der Waals surface area contributed by atoms with Crippen molar-refractivity contribution in [2.45, 2.75) is 57.9 Å². The summed E-state index contributed by atoms with van der Waals surface area (Å²) in [4.78, 5) is 42.7. The average Bonchev–Trinajstić information content (AvgIpc) is 3.20. The number of carboxylic acids is 2. The third kappa shape index (κ3) is 4.03.